The van der Waals surface area contributed by atoms with Crippen molar-refractivity contribution in [3.05, 3.63) is 35.1 Å². The minimum Gasteiger partial charge on any atom is -0.300 e. The van der Waals surface area contributed by atoms with Crippen LogP contribution in [0.4, 0.5) is 8.78 Å². The van der Waals surface area contributed by atoms with Crippen molar-refractivity contribution in [1.82, 2.24) is 4.90 Å². The molecule has 94 valence electrons. The van der Waals surface area contributed by atoms with E-state index in [1.54, 1.807) is 6.07 Å². The van der Waals surface area contributed by atoms with Crippen molar-refractivity contribution in [3.8, 4) is 0 Å². The standard InChI is InChI=1S/C14H19F2N/c1-11-9-13(16)4-5-14(11)12-3-2-7-17(10-12)8-6-15/h4-5,9,12H,2-3,6-8,10H2,1H3. The Morgan fingerprint density at radius 3 is 2.94 bits per heavy atom. The number of aryl methyl sites for hydroxylation is 1. The average Bonchev–Trinajstić information content (AvgIpc) is 2.29. The number of hydrogen-bond acceptors (Lipinski definition) is 1. The molecule has 1 heterocycles. The lowest BCUT2D eigenvalue weighted by molar-refractivity contribution is 0.192. The molecule has 17 heavy (non-hydrogen) atoms. The van der Waals surface area contributed by atoms with Crippen molar-refractivity contribution in [1.29, 1.82) is 0 Å². The fourth-order valence-electron chi connectivity index (χ4n) is 2.73. The van der Waals surface area contributed by atoms with Crippen LogP contribution in [-0.4, -0.2) is 31.2 Å². The Hall–Kier alpha value is -0.960. The highest BCUT2D eigenvalue weighted by atomic mass is 19.1. The first-order valence-electron chi connectivity index (χ1n) is 6.25. The van der Waals surface area contributed by atoms with E-state index in [0.29, 0.717) is 12.5 Å². The Labute approximate surface area is 101 Å². The van der Waals surface area contributed by atoms with Crippen LogP contribution in [0.25, 0.3) is 0 Å². The summed E-state index contributed by atoms with van der Waals surface area (Å²) in [5, 5.41) is 0. The second kappa shape index (κ2) is 5.58. The highest BCUT2D eigenvalue weighted by molar-refractivity contribution is 5.30. The van der Waals surface area contributed by atoms with Gasteiger partial charge in [-0.15, -0.1) is 0 Å². The predicted octanol–water partition coefficient (Wildman–Crippen LogP) is 3.28. The molecule has 0 aliphatic carbocycles. The van der Waals surface area contributed by atoms with Crippen LogP contribution >= 0.6 is 0 Å². The number of benzene rings is 1. The maximum atomic E-state index is 13.1. The summed E-state index contributed by atoms with van der Waals surface area (Å²) in [6.45, 7) is 4.08. The topological polar surface area (TPSA) is 3.24 Å². The molecule has 0 aromatic heterocycles. The fourth-order valence-corrected chi connectivity index (χ4v) is 2.73. The summed E-state index contributed by atoms with van der Waals surface area (Å²) in [6, 6.07) is 4.99. The second-order valence-corrected chi connectivity index (χ2v) is 4.83. The zero-order chi connectivity index (χ0) is 12.3. The Bertz CT molecular complexity index is 376. The van der Waals surface area contributed by atoms with Gasteiger partial charge in [-0.25, -0.2) is 8.78 Å². The van der Waals surface area contributed by atoms with Gasteiger partial charge in [0.05, 0.1) is 0 Å². The van der Waals surface area contributed by atoms with Gasteiger partial charge in [0.1, 0.15) is 12.5 Å². The van der Waals surface area contributed by atoms with Crippen LogP contribution in [0.2, 0.25) is 0 Å². The van der Waals surface area contributed by atoms with E-state index < -0.39 is 0 Å². The number of alkyl halides is 1. The van der Waals surface area contributed by atoms with Crippen LogP contribution < -0.4 is 0 Å². The molecule has 1 atom stereocenters. The summed E-state index contributed by atoms with van der Waals surface area (Å²) in [5.41, 5.74) is 2.23. The van der Waals surface area contributed by atoms with E-state index in [9.17, 15) is 8.78 Å². The summed E-state index contributed by atoms with van der Waals surface area (Å²) >= 11 is 0. The molecule has 1 aromatic rings. The smallest absolute Gasteiger partial charge is 0.123 e. The maximum absolute atomic E-state index is 13.1. The van der Waals surface area contributed by atoms with Crippen LogP contribution in [0.15, 0.2) is 18.2 Å². The van der Waals surface area contributed by atoms with Gasteiger partial charge in [-0.05, 0) is 55.5 Å². The molecule has 0 N–H and O–H groups in total. The fraction of sp³-hybridized carbons (Fsp3) is 0.571. The van der Waals surface area contributed by atoms with E-state index in [2.05, 4.69) is 4.90 Å². The van der Waals surface area contributed by atoms with Crippen molar-refractivity contribution < 1.29 is 8.78 Å². The van der Waals surface area contributed by atoms with Gasteiger partial charge in [0.15, 0.2) is 0 Å². The second-order valence-electron chi connectivity index (χ2n) is 4.83. The van der Waals surface area contributed by atoms with Gasteiger partial charge >= 0.3 is 0 Å². The molecule has 0 bridgehead atoms. The van der Waals surface area contributed by atoms with Crippen LogP contribution in [0, 0.1) is 12.7 Å². The third kappa shape index (κ3) is 3.03. The molecule has 1 saturated heterocycles. The Morgan fingerprint density at radius 1 is 1.41 bits per heavy atom. The molecule has 0 amide bonds. The van der Waals surface area contributed by atoms with Crippen molar-refractivity contribution in [2.45, 2.75) is 25.7 Å². The molecule has 1 aliphatic rings. The van der Waals surface area contributed by atoms with Crippen LogP contribution in [0.5, 0.6) is 0 Å². The average molecular weight is 239 g/mol. The minimum atomic E-state index is -0.283. The first kappa shape index (κ1) is 12.5. The number of halogens is 2. The maximum Gasteiger partial charge on any atom is 0.123 e. The van der Waals surface area contributed by atoms with Crippen LogP contribution in [0.1, 0.15) is 29.9 Å². The molecular formula is C14H19F2N. The van der Waals surface area contributed by atoms with Gasteiger partial charge in [0.25, 0.3) is 0 Å². The number of nitrogens with zero attached hydrogens (tertiary/aromatic N) is 1. The lowest BCUT2D eigenvalue weighted by Gasteiger charge is -2.33. The zero-order valence-electron chi connectivity index (χ0n) is 10.3. The molecule has 2 rings (SSSR count). The lowest BCUT2D eigenvalue weighted by atomic mass is 9.88. The van der Waals surface area contributed by atoms with E-state index in [-0.39, 0.29) is 12.5 Å². The molecular weight excluding hydrogens is 220 g/mol. The van der Waals surface area contributed by atoms with E-state index >= 15 is 0 Å². The molecule has 1 fully saturated rings. The highest BCUT2D eigenvalue weighted by Crippen LogP contribution is 2.29. The number of hydrogen-bond donors (Lipinski definition) is 0. The molecule has 0 saturated carbocycles. The monoisotopic (exact) mass is 239 g/mol. The van der Waals surface area contributed by atoms with Crippen molar-refractivity contribution in [2.75, 3.05) is 26.3 Å². The van der Waals surface area contributed by atoms with Gasteiger partial charge in [-0.2, -0.15) is 0 Å². The molecule has 0 spiro atoms. The zero-order valence-corrected chi connectivity index (χ0v) is 10.3. The summed E-state index contributed by atoms with van der Waals surface area (Å²) in [7, 11) is 0. The third-order valence-corrected chi connectivity index (χ3v) is 3.58. The molecule has 0 radical (unpaired) electrons. The van der Waals surface area contributed by atoms with Crippen molar-refractivity contribution in [3.63, 3.8) is 0 Å². The van der Waals surface area contributed by atoms with Gasteiger partial charge in [0, 0.05) is 13.1 Å². The normalized spacial score (nSPS) is 21.7. The summed E-state index contributed by atoms with van der Waals surface area (Å²) in [5.74, 6) is 0.249. The van der Waals surface area contributed by atoms with Crippen molar-refractivity contribution in [2.24, 2.45) is 0 Å². The first-order valence-corrected chi connectivity index (χ1v) is 6.25. The third-order valence-electron chi connectivity index (χ3n) is 3.58. The first-order chi connectivity index (χ1) is 8.20. The summed E-state index contributed by atoms with van der Waals surface area (Å²) < 4.78 is 25.4. The molecule has 1 unspecified atom stereocenters. The molecule has 1 aromatic carbocycles. The molecule has 1 aliphatic heterocycles. The number of piperidine rings is 1. The van der Waals surface area contributed by atoms with Gasteiger partial charge in [-0.1, -0.05) is 6.07 Å². The Balaban J connectivity index is 2.10. The molecule has 1 nitrogen and oxygen atoms in total. The Kier molecular flexibility index (Phi) is 4.11. The van der Waals surface area contributed by atoms with E-state index in [1.165, 1.54) is 11.6 Å². The highest BCUT2D eigenvalue weighted by Gasteiger charge is 2.22. The summed E-state index contributed by atoms with van der Waals surface area (Å²) in [4.78, 5) is 2.16. The van der Waals surface area contributed by atoms with Crippen LogP contribution in [-0.2, 0) is 0 Å². The number of rotatable bonds is 3. The lowest BCUT2D eigenvalue weighted by Crippen LogP contribution is -2.35. The van der Waals surface area contributed by atoms with E-state index in [4.69, 9.17) is 0 Å². The predicted molar refractivity (Wildman–Crippen MR) is 65.5 cm³/mol. The largest absolute Gasteiger partial charge is 0.300 e. The van der Waals surface area contributed by atoms with E-state index in [1.807, 2.05) is 13.0 Å². The SMILES string of the molecule is Cc1cc(F)ccc1C1CCCN(CCF)C1. The Morgan fingerprint density at radius 2 is 2.24 bits per heavy atom. The van der Waals surface area contributed by atoms with Gasteiger partial charge in [-0.3, -0.25) is 0 Å². The quantitative estimate of drug-likeness (QED) is 0.782. The molecule has 3 heteroatoms. The minimum absolute atomic E-state index is 0.178. The van der Waals surface area contributed by atoms with Gasteiger partial charge < -0.3 is 4.90 Å². The van der Waals surface area contributed by atoms with E-state index in [0.717, 1.165) is 31.5 Å². The van der Waals surface area contributed by atoms with Gasteiger partial charge in [0.2, 0.25) is 0 Å². The van der Waals surface area contributed by atoms with Crippen molar-refractivity contribution >= 4 is 0 Å². The summed E-state index contributed by atoms with van der Waals surface area (Å²) in [6.07, 6.45) is 2.22. The van der Waals surface area contributed by atoms with Crippen LogP contribution in [0.3, 0.4) is 0 Å². The number of likely N-dealkylation sites (tertiary alicyclic amines) is 1.